The van der Waals surface area contributed by atoms with E-state index in [-0.39, 0.29) is 0 Å². The molecule has 0 saturated heterocycles. The zero-order valence-corrected chi connectivity index (χ0v) is 12.6. The molecule has 0 bridgehead atoms. The molecule has 2 aliphatic rings. The lowest BCUT2D eigenvalue weighted by molar-refractivity contribution is -0.111. The molecule has 0 aliphatic heterocycles. The van der Waals surface area contributed by atoms with Crippen LogP contribution in [0.5, 0.6) is 0 Å². The van der Waals surface area contributed by atoms with Crippen LogP contribution in [0.4, 0.5) is 0 Å². The van der Waals surface area contributed by atoms with E-state index in [1.54, 1.807) is 36.4 Å². The van der Waals surface area contributed by atoms with Gasteiger partial charge >= 0.3 is 0 Å². The number of ketones is 4. The van der Waals surface area contributed by atoms with Crippen molar-refractivity contribution in [3.63, 3.8) is 0 Å². The third-order valence-corrected chi connectivity index (χ3v) is 3.69. The smallest absolute Gasteiger partial charge is 0.233 e. The van der Waals surface area contributed by atoms with Gasteiger partial charge in [0.05, 0.1) is 0 Å². The number of hydrogen-bond donors (Lipinski definition) is 0. The molecular weight excluding hydrogens is 304 g/mol. The molecule has 2 aromatic carbocycles. The maximum absolute atomic E-state index is 11.2. The van der Waals surface area contributed by atoms with E-state index in [0.717, 1.165) is 11.1 Å². The van der Waals surface area contributed by atoms with E-state index >= 15 is 0 Å². The van der Waals surface area contributed by atoms with Crippen LogP contribution in [0.2, 0.25) is 0 Å². The Morgan fingerprint density at radius 2 is 0.833 bits per heavy atom. The molecule has 2 aromatic rings. The second-order valence-corrected chi connectivity index (χ2v) is 5.23. The molecular formula is C20H12O4. The fourth-order valence-corrected chi connectivity index (χ4v) is 2.45. The van der Waals surface area contributed by atoms with Crippen molar-refractivity contribution in [2.45, 2.75) is 0 Å². The summed E-state index contributed by atoms with van der Waals surface area (Å²) in [6.07, 6.45) is 5.95. The van der Waals surface area contributed by atoms with Gasteiger partial charge < -0.3 is 0 Å². The third-order valence-electron chi connectivity index (χ3n) is 3.69. The molecule has 24 heavy (non-hydrogen) atoms. The van der Waals surface area contributed by atoms with Gasteiger partial charge in [0.2, 0.25) is 23.1 Å². The van der Waals surface area contributed by atoms with Crippen molar-refractivity contribution in [1.82, 2.24) is 0 Å². The molecule has 0 aromatic heterocycles. The fraction of sp³-hybridized carbons (Fsp3) is 0. The number of carbonyl (C=O) groups is 4. The van der Waals surface area contributed by atoms with Crippen LogP contribution < -0.4 is 0 Å². The summed E-state index contributed by atoms with van der Waals surface area (Å²) < 4.78 is 0. The Morgan fingerprint density at radius 1 is 0.458 bits per heavy atom. The van der Waals surface area contributed by atoms with Crippen LogP contribution in [-0.2, 0) is 9.59 Å². The number of rotatable bonds is 0. The monoisotopic (exact) mass is 316 g/mol. The van der Waals surface area contributed by atoms with Crippen molar-refractivity contribution >= 4 is 35.3 Å². The maximum atomic E-state index is 11.2. The Labute approximate surface area is 138 Å². The van der Waals surface area contributed by atoms with Gasteiger partial charge in [0.25, 0.3) is 0 Å². The minimum Gasteiger partial charge on any atom is -0.286 e. The Hall–Kier alpha value is -3.40. The van der Waals surface area contributed by atoms with Gasteiger partial charge in [-0.05, 0) is 23.3 Å². The highest BCUT2D eigenvalue weighted by Gasteiger charge is 2.20. The number of benzene rings is 2. The van der Waals surface area contributed by atoms with E-state index in [1.807, 2.05) is 24.3 Å². The number of fused-ring (bicyclic) bond motifs is 2. The van der Waals surface area contributed by atoms with Crippen LogP contribution in [-0.4, -0.2) is 23.1 Å². The van der Waals surface area contributed by atoms with Gasteiger partial charge in [-0.15, -0.1) is 0 Å². The highest BCUT2D eigenvalue weighted by Crippen LogP contribution is 2.17. The van der Waals surface area contributed by atoms with Crippen LogP contribution in [0.25, 0.3) is 12.2 Å². The molecule has 0 spiro atoms. The molecule has 0 N–H and O–H groups in total. The Kier molecular flexibility index (Phi) is 4.12. The fourth-order valence-electron chi connectivity index (χ4n) is 2.45. The summed E-state index contributed by atoms with van der Waals surface area (Å²) in [5, 5.41) is 0. The van der Waals surface area contributed by atoms with Gasteiger partial charge in [0.1, 0.15) is 0 Å². The number of Topliss-reactive ketones (excluding diaryl/α,β-unsaturated/α-hetero) is 2. The number of allylic oxidation sites excluding steroid dienone is 2. The van der Waals surface area contributed by atoms with Crippen LogP contribution in [0.15, 0.2) is 60.7 Å². The van der Waals surface area contributed by atoms with Crippen LogP contribution >= 0.6 is 0 Å². The number of carbonyl (C=O) groups excluding carboxylic acids is 4. The van der Waals surface area contributed by atoms with Gasteiger partial charge in [-0.25, -0.2) is 0 Å². The number of hydrogen-bond acceptors (Lipinski definition) is 4. The van der Waals surface area contributed by atoms with Gasteiger partial charge in [-0.3, -0.25) is 19.2 Å². The van der Waals surface area contributed by atoms with E-state index in [4.69, 9.17) is 0 Å². The first-order valence-electron chi connectivity index (χ1n) is 7.29. The highest BCUT2D eigenvalue weighted by molar-refractivity contribution is 6.50. The maximum Gasteiger partial charge on any atom is 0.233 e. The first-order chi connectivity index (χ1) is 11.6. The average molecular weight is 316 g/mol. The summed E-state index contributed by atoms with van der Waals surface area (Å²) in [6, 6.07) is 14.1. The summed E-state index contributed by atoms with van der Waals surface area (Å²) in [5.41, 5.74) is 2.65. The zero-order chi connectivity index (χ0) is 17.1. The topological polar surface area (TPSA) is 68.3 Å². The van der Waals surface area contributed by atoms with E-state index in [0.29, 0.717) is 11.1 Å². The summed E-state index contributed by atoms with van der Waals surface area (Å²) in [7, 11) is 0. The van der Waals surface area contributed by atoms with Crippen LogP contribution in [0.3, 0.4) is 0 Å². The average Bonchev–Trinajstić information content (AvgIpc) is 2.62. The summed E-state index contributed by atoms with van der Waals surface area (Å²) in [4.78, 5) is 44.3. The lowest BCUT2D eigenvalue weighted by Gasteiger charge is -2.06. The van der Waals surface area contributed by atoms with E-state index < -0.39 is 23.1 Å². The summed E-state index contributed by atoms with van der Waals surface area (Å²) in [6.45, 7) is 0. The van der Waals surface area contributed by atoms with E-state index in [2.05, 4.69) is 0 Å². The van der Waals surface area contributed by atoms with Crippen LogP contribution in [0, 0.1) is 0 Å². The summed E-state index contributed by atoms with van der Waals surface area (Å²) in [5.74, 6) is -1.69. The van der Waals surface area contributed by atoms with Crippen molar-refractivity contribution in [1.29, 1.82) is 0 Å². The van der Waals surface area contributed by atoms with Gasteiger partial charge in [-0.2, -0.15) is 0 Å². The molecule has 4 heteroatoms. The van der Waals surface area contributed by atoms with Gasteiger partial charge in [0.15, 0.2) is 0 Å². The molecule has 4 rings (SSSR count). The quantitative estimate of drug-likeness (QED) is 0.701. The SMILES string of the molecule is O=C1C=Cc2ccccc2C1=O.O=C1C=Cc2ccccc2C1=O. The van der Waals surface area contributed by atoms with Gasteiger partial charge in [-0.1, -0.05) is 60.7 Å². The Balaban J connectivity index is 0.000000141. The first-order valence-corrected chi connectivity index (χ1v) is 7.29. The minimum absolute atomic E-state index is 0.409. The second-order valence-electron chi connectivity index (χ2n) is 5.23. The van der Waals surface area contributed by atoms with Crippen molar-refractivity contribution in [3.8, 4) is 0 Å². The second kappa shape index (κ2) is 6.38. The van der Waals surface area contributed by atoms with Crippen molar-refractivity contribution in [2.75, 3.05) is 0 Å². The lowest BCUT2D eigenvalue weighted by Crippen LogP contribution is -2.15. The molecule has 2 aliphatic carbocycles. The van der Waals surface area contributed by atoms with E-state index in [1.165, 1.54) is 12.2 Å². The molecule has 116 valence electrons. The van der Waals surface area contributed by atoms with Crippen molar-refractivity contribution < 1.29 is 19.2 Å². The largest absolute Gasteiger partial charge is 0.286 e. The first kappa shape index (κ1) is 15.5. The summed E-state index contributed by atoms with van der Waals surface area (Å²) >= 11 is 0. The molecule has 0 heterocycles. The molecule has 4 nitrogen and oxygen atoms in total. The van der Waals surface area contributed by atoms with Crippen molar-refractivity contribution in [2.24, 2.45) is 0 Å². The highest BCUT2D eigenvalue weighted by atomic mass is 16.2. The molecule has 0 unspecified atom stereocenters. The molecule has 0 amide bonds. The molecule has 0 atom stereocenters. The lowest BCUT2D eigenvalue weighted by atomic mass is 9.96. The molecule has 0 radical (unpaired) electrons. The van der Waals surface area contributed by atoms with Gasteiger partial charge in [0, 0.05) is 11.1 Å². The standard InChI is InChI=1S/2C10H6O2/c2*11-9-6-5-7-3-1-2-4-8(7)10(9)12/h2*1-6H. The Morgan fingerprint density at radius 3 is 1.25 bits per heavy atom. The van der Waals surface area contributed by atoms with Crippen molar-refractivity contribution in [3.05, 3.63) is 82.9 Å². The molecule has 0 saturated carbocycles. The predicted octanol–water partition coefficient (Wildman–Crippen LogP) is 2.93. The van der Waals surface area contributed by atoms with E-state index in [9.17, 15) is 19.2 Å². The third kappa shape index (κ3) is 2.90. The zero-order valence-electron chi connectivity index (χ0n) is 12.6. The molecule has 0 fully saturated rings. The minimum atomic E-state index is -0.436. The Bertz CT molecular complexity index is 855. The predicted molar refractivity (Wildman–Crippen MR) is 89.6 cm³/mol. The normalized spacial score (nSPS) is 14.7. The van der Waals surface area contributed by atoms with Crippen LogP contribution in [0.1, 0.15) is 31.8 Å².